The Hall–Kier alpha value is -2.48. The molecule has 188 valence electrons. The summed E-state index contributed by atoms with van der Waals surface area (Å²) in [6, 6.07) is 17.6. The van der Waals surface area contributed by atoms with Gasteiger partial charge < -0.3 is 5.53 Å². The van der Waals surface area contributed by atoms with Crippen LogP contribution in [0.5, 0.6) is 0 Å². The van der Waals surface area contributed by atoms with Crippen molar-refractivity contribution in [3.05, 3.63) is 87.5 Å². The van der Waals surface area contributed by atoms with Gasteiger partial charge in [-0.1, -0.05) is 95.5 Å². The van der Waals surface area contributed by atoms with Crippen LogP contribution in [0.25, 0.3) is 16.9 Å². The zero-order valence-electron chi connectivity index (χ0n) is 22.7. The first kappa shape index (κ1) is 27.1. The van der Waals surface area contributed by atoms with Crippen LogP contribution in [0.3, 0.4) is 0 Å². The first-order valence-electron chi connectivity index (χ1n) is 14.2. The quantitative estimate of drug-likeness (QED) is 0.183. The minimum atomic E-state index is 0.996. The van der Waals surface area contributed by atoms with E-state index in [2.05, 4.69) is 76.2 Å². The summed E-state index contributed by atoms with van der Waals surface area (Å²) in [5.74, 6) is 0. The summed E-state index contributed by atoms with van der Waals surface area (Å²) in [6.07, 6.45) is 15.4. The third-order valence-corrected chi connectivity index (χ3v) is 7.26. The molecule has 2 heteroatoms. The van der Waals surface area contributed by atoms with E-state index in [4.69, 9.17) is 0 Å². The third kappa shape index (κ3) is 7.26. The van der Waals surface area contributed by atoms with Crippen LogP contribution in [-0.4, -0.2) is 4.70 Å². The second kappa shape index (κ2) is 14.2. The van der Waals surface area contributed by atoms with Crippen molar-refractivity contribution in [1.82, 2.24) is 0 Å². The van der Waals surface area contributed by atoms with Crippen molar-refractivity contribution in [1.29, 1.82) is 0 Å². The number of unbranched alkanes of at least 4 members (excludes halogenated alkanes) is 7. The number of hydrogen-bond acceptors (Lipinski definition) is 0. The lowest BCUT2D eigenvalue weighted by Crippen LogP contribution is -2.03. The molecule has 0 spiro atoms. The Kier molecular flexibility index (Phi) is 11.0. The number of hydrogen-bond donors (Lipinski definition) is 0. The Morgan fingerprint density at radius 1 is 0.600 bits per heavy atom. The lowest BCUT2D eigenvalue weighted by Gasteiger charge is -2.11. The monoisotopic (exact) mass is 470 g/mol. The smallest absolute Gasteiger partial charge is 0.211 e. The van der Waals surface area contributed by atoms with E-state index in [0.29, 0.717) is 0 Å². The van der Waals surface area contributed by atoms with E-state index in [-0.39, 0.29) is 0 Å². The maximum absolute atomic E-state index is 11.7. The average Bonchev–Trinajstić information content (AvgIpc) is 3.14. The summed E-state index contributed by atoms with van der Waals surface area (Å²) in [4.78, 5) is 0. The van der Waals surface area contributed by atoms with Gasteiger partial charge in [0.25, 0.3) is 0 Å². The Bertz CT molecular complexity index is 1020. The first-order chi connectivity index (χ1) is 17.1. The molecule has 0 aliphatic carbocycles. The summed E-state index contributed by atoms with van der Waals surface area (Å²) in [7, 11) is 0. The Morgan fingerprint density at radius 3 is 1.74 bits per heavy atom. The fourth-order valence-corrected chi connectivity index (χ4v) is 5.23. The van der Waals surface area contributed by atoms with Crippen molar-refractivity contribution in [2.45, 2.75) is 111 Å². The van der Waals surface area contributed by atoms with Crippen molar-refractivity contribution >= 4 is 11.4 Å². The van der Waals surface area contributed by atoms with E-state index in [0.717, 1.165) is 48.2 Å². The number of benzene rings is 2. The van der Waals surface area contributed by atoms with Crippen LogP contribution in [0.1, 0.15) is 120 Å². The molecule has 0 saturated carbocycles. The van der Waals surface area contributed by atoms with Gasteiger partial charge in [-0.2, -0.15) is 0 Å². The minimum absolute atomic E-state index is 0.996. The zero-order valence-corrected chi connectivity index (χ0v) is 22.7. The molecule has 2 aromatic carbocycles. The van der Waals surface area contributed by atoms with Gasteiger partial charge in [0.05, 0.1) is 0 Å². The molecule has 0 radical (unpaired) electrons. The summed E-state index contributed by atoms with van der Waals surface area (Å²) in [5, 5.41) is 0. The van der Waals surface area contributed by atoms with Gasteiger partial charge in [0, 0.05) is 22.3 Å². The van der Waals surface area contributed by atoms with E-state index < -0.39 is 0 Å². The van der Waals surface area contributed by atoms with Gasteiger partial charge in [-0.15, -0.1) is 0 Å². The first-order valence-corrected chi connectivity index (χ1v) is 14.2. The molecule has 0 aromatic heterocycles. The molecule has 0 atom stereocenters. The van der Waals surface area contributed by atoms with Crippen LogP contribution in [0.4, 0.5) is 0 Å². The third-order valence-electron chi connectivity index (χ3n) is 7.26. The highest BCUT2D eigenvalue weighted by Crippen LogP contribution is 2.44. The lowest BCUT2D eigenvalue weighted by molar-refractivity contribution is -0.345. The molecule has 0 fully saturated rings. The van der Waals surface area contributed by atoms with Crippen molar-refractivity contribution in [2.75, 3.05) is 0 Å². The highest BCUT2D eigenvalue weighted by molar-refractivity contribution is 5.82. The molecule has 2 nitrogen and oxygen atoms in total. The van der Waals surface area contributed by atoms with Gasteiger partial charge in [-0.05, 0) is 75.3 Å². The Balaban J connectivity index is 2.03. The second-order valence-electron chi connectivity index (χ2n) is 10.3. The van der Waals surface area contributed by atoms with Crippen LogP contribution in [0.15, 0.2) is 59.7 Å². The van der Waals surface area contributed by atoms with E-state index >= 15 is 0 Å². The van der Waals surface area contributed by atoms with Crippen molar-refractivity contribution < 1.29 is 4.70 Å². The van der Waals surface area contributed by atoms with Crippen LogP contribution in [-0.2, 0) is 6.42 Å². The fraction of sp³-hybridized carbons (Fsp3) is 0.515. The lowest BCUT2D eigenvalue weighted by atomic mass is 9.91. The van der Waals surface area contributed by atoms with Crippen LogP contribution < -0.4 is 0 Å². The van der Waals surface area contributed by atoms with Crippen LogP contribution >= 0.6 is 0 Å². The highest BCUT2D eigenvalue weighted by atomic mass is 15.2. The summed E-state index contributed by atoms with van der Waals surface area (Å²) in [5.41, 5.74) is 21.3. The van der Waals surface area contributed by atoms with Crippen LogP contribution in [0, 0.1) is 6.92 Å². The summed E-state index contributed by atoms with van der Waals surface area (Å²) in [6.45, 7) is 8.91. The maximum Gasteiger partial charge on any atom is 0.211 e. The van der Waals surface area contributed by atoms with Gasteiger partial charge >= 0.3 is 0 Å². The Morgan fingerprint density at radius 2 is 1.14 bits per heavy atom. The Labute approximate surface area is 214 Å². The molecule has 0 bridgehead atoms. The van der Waals surface area contributed by atoms with Crippen LogP contribution in [0.2, 0.25) is 0 Å². The van der Waals surface area contributed by atoms with Gasteiger partial charge in [0.15, 0.2) is 0 Å². The highest BCUT2D eigenvalue weighted by Gasteiger charge is 2.35. The van der Waals surface area contributed by atoms with E-state index in [1.807, 2.05) is 0 Å². The molecule has 1 aliphatic rings. The number of allylic oxidation sites excluding steroid dienone is 2. The van der Waals surface area contributed by atoms with Gasteiger partial charge in [0.1, 0.15) is 0 Å². The maximum atomic E-state index is 11.7. The largest absolute Gasteiger partial charge is 0.493 e. The zero-order chi connectivity index (χ0) is 25.0. The number of aryl methyl sites for hydroxylation is 2. The normalized spacial score (nSPS) is 13.9. The molecule has 2 aromatic rings. The molecular formula is C33H46N2. The van der Waals surface area contributed by atoms with E-state index in [1.165, 1.54) is 84.8 Å². The molecule has 35 heavy (non-hydrogen) atoms. The molecule has 0 unspecified atom stereocenters. The number of nitrogens with zero attached hydrogens (tertiary/aromatic N) is 2. The van der Waals surface area contributed by atoms with Gasteiger partial charge in [0.2, 0.25) is 11.4 Å². The number of rotatable bonds is 15. The molecule has 1 heterocycles. The van der Waals surface area contributed by atoms with Crippen molar-refractivity contribution in [2.24, 2.45) is 0 Å². The molecule has 0 amide bonds. The molecule has 0 saturated heterocycles. The topological polar surface area (TPSA) is 25.3 Å². The standard InChI is InChI=1S/C33H46N2/c1-5-8-11-14-16-27-17-15-18-29(25-27)33-31(20-13-10-7-3)30(19-12-9-6-2)32(35(33)34)28-23-21-26(4)22-24-28/h15,17-18,21-25H,5-14,16,19-20H2,1-4H3. The molecule has 3 rings (SSSR count). The van der Waals surface area contributed by atoms with Crippen molar-refractivity contribution in [3.63, 3.8) is 0 Å². The second-order valence-corrected chi connectivity index (χ2v) is 10.3. The molecule has 1 aliphatic heterocycles. The SMILES string of the molecule is CCCCCCc1cccc(C2=C(CCCCC)C(CCCCC)=C(c3ccc(C)cc3)[N+]2=[N-])c1. The summed E-state index contributed by atoms with van der Waals surface area (Å²) >= 11 is 0. The fourth-order valence-electron chi connectivity index (χ4n) is 5.23. The van der Waals surface area contributed by atoms with E-state index in [1.54, 1.807) is 0 Å². The van der Waals surface area contributed by atoms with Gasteiger partial charge in [-0.25, -0.2) is 4.70 Å². The minimum Gasteiger partial charge on any atom is -0.493 e. The predicted octanol–water partition coefficient (Wildman–Crippen LogP) is 10.4. The molecule has 0 N–H and O–H groups in total. The van der Waals surface area contributed by atoms with Crippen molar-refractivity contribution in [3.8, 4) is 0 Å². The average molecular weight is 471 g/mol. The van der Waals surface area contributed by atoms with E-state index in [9.17, 15) is 5.53 Å². The predicted molar refractivity (Wildman–Crippen MR) is 151 cm³/mol. The van der Waals surface area contributed by atoms with Gasteiger partial charge in [-0.3, -0.25) is 0 Å². The summed E-state index contributed by atoms with van der Waals surface area (Å²) < 4.78 is 1.53. The molecular weight excluding hydrogens is 424 g/mol.